The molecule has 2 aromatic heterocycles. The molecule has 0 bridgehead atoms. The number of piperidine rings is 1. The Labute approximate surface area is 166 Å². The molecule has 0 aromatic carbocycles. The first-order valence-corrected chi connectivity index (χ1v) is 10.8. The molecule has 1 fully saturated rings. The Hall–Kier alpha value is -1.92. The first-order valence-electron chi connectivity index (χ1n) is 9.93. The molecule has 4 heterocycles. The highest BCUT2D eigenvalue weighted by atomic mass is 32.1. The number of hydrogen-bond acceptors (Lipinski definition) is 6. The smallest absolute Gasteiger partial charge is 0.145 e. The van der Waals surface area contributed by atoms with Crippen LogP contribution < -0.4 is 10.2 Å². The highest BCUT2D eigenvalue weighted by molar-refractivity contribution is 7.13. The van der Waals surface area contributed by atoms with Crippen LogP contribution >= 0.6 is 11.3 Å². The normalized spacial score (nSPS) is 17.8. The first kappa shape index (κ1) is 18.4. The maximum Gasteiger partial charge on any atom is 0.145 e. The Morgan fingerprint density at radius 3 is 2.78 bits per heavy atom. The van der Waals surface area contributed by atoms with Crippen LogP contribution in [0.25, 0.3) is 0 Å². The maximum absolute atomic E-state index is 4.88. The van der Waals surface area contributed by atoms with Crippen molar-refractivity contribution in [1.82, 2.24) is 15.2 Å². The average Bonchev–Trinajstić information content (AvgIpc) is 3.10. The standard InChI is InChI=1S/C21H29N5S/c1-16-14-27-20-19(16)25(2)15-24-21(20)26-12-7-18(8-13-26)23-9-3-4-17-5-10-22-11-6-17/h5-6,10-11,14,18,23H,3-4,7-9,12-13,15H2,1-2H3. The van der Waals surface area contributed by atoms with Gasteiger partial charge in [0, 0.05) is 38.6 Å². The Kier molecular flexibility index (Phi) is 5.74. The summed E-state index contributed by atoms with van der Waals surface area (Å²) >= 11 is 1.84. The van der Waals surface area contributed by atoms with Gasteiger partial charge in [-0.05, 0) is 67.8 Å². The molecule has 0 aliphatic carbocycles. The Balaban J connectivity index is 1.25. The zero-order valence-corrected chi connectivity index (χ0v) is 17.1. The molecule has 2 aromatic rings. The number of likely N-dealkylation sites (tertiary alicyclic amines) is 1. The molecule has 2 aliphatic heterocycles. The summed E-state index contributed by atoms with van der Waals surface area (Å²) in [5, 5.41) is 6.02. The van der Waals surface area contributed by atoms with Gasteiger partial charge < -0.3 is 15.1 Å². The predicted octanol–water partition coefficient (Wildman–Crippen LogP) is 3.29. The van der Waals surface area contributed by atoms with Crippen molar-refractivity contribution in [1.29, 1.82) is 0 Å². The van der Waals surface area contributed by atoms with E-state index >= 15 is 0 Å². The summed E-state index contributed by atoms with van der Waals surface area (Å²) in [5.74, 6) is 1.22. The van der Waals surface area contributed by atoms with E-state index in [0.717, 1.165) is 32.7 Å². The van der Waals surface area contributed by atoms with Crippen LogP contribution in [0.2, 0.25) is 0 Å². The molecule has 0 atom stereocenters. The molecule has 0 amide bonds. The highest BCUT2D eigenvalue weighted by Crippen LogP contribution is 2.35. The number of aromatic nitrogens is 1. The van der Waals surface area contributed by atoms with Crippen LogP contribution in [-0.4, -0.2) is 55.1 Å². The lowest BCUT2D eigenvalue weighted by Crippen LogP contribution is -2.46. The van der Waals surface area contributed by atoms with Crippen LogP contribution in [0.15, 0.2) is 34.9 Å². The molecular weight excluding hydrogens is 354 g/mol. The largest absolute Gasteiger partial charge is 0.356 e. The molecule has 1 saturated heterocycles. The van der Waals surface area contributed by atoms with E-state index in [1.165, 1.54) is 46.8 Å². The van der Waals surface area contributed by atoms with Crippen LogP contribution in [0.4, 0.5) is 5.69 Å². The number of aryl methyl sites for hydroxylation is 2. The topological polar surface area (TPSA) is 43.8 Å². The fraction of sp³-hybridized carbons (Fsp3) is 0.524. The zero-order chi connectivity index (χ0) is 18.6. The highest BCUT2D eigenvalue weighted by Gasteiger charge is 2.28. The van der Waals surface area contributed by atoms with Crippen LogP contribution in [0.1, 0.15) is 35.3 Å². The third kappa shape index (κ3) is 4.17. The predicted molar refractivity (Wildman–Crippen MR) is 114 cm³/mol. The number of nitrogens with zero attached hydrogens (tertiary/aromatic N) is 4. The van der Waals surface area contributed by atoms with Crippen molar-refractivity contribution in [3.63, 3.8) is 0 Å². The van der Waals surface area contributed by atoms with Crippen LogP contribution in [-0.2, 0) is 6.42 Å². The number of fused-ring (bicyclic) bond motifs is 1. The minimum absolute atomic E-state index is 0.634. The number of anilines is 1. The van der Waals surface area contributed by atoms with Gasteiger partial charge in [-0.1, -0.05) is 0 Å². The summed E-state index contributed by atoms with van der Waals surface area (Å²) in [4.78, 5) is 15.1. The van der Waals surface area contributed by atoms with Crippen molar-refractivity contribution in [2.24, 2.45) is 4.99 Å². The number of aliphatic imine (C=N–C) groups is 1. The van der Waals surface area contributed by atoms with Crippen molar-refractivity contribution in [2.45, 2.75) is 38.6 Å². The monoisotopic (exact) mass is 383 g/mol. The molecule has 5 nitrogen and oxygen atoms in total. The molecule has 0 radical (unpaired) electrons. The second kappa shape index (κ2) is 8.40. The third-order valence-electron chi connectivity index (χ3n) is 5.58. The molecule has 144 valence electrons. The third-order valence-corrected chi connectivity index (χ3v) is 6.66. The molecule has 0 spiro atoms. The van der Waals surface area contributed by atoms with Gasteiger partial charge in [0.1, 0.15) is 12.5 Å². The molecule has 27 heavy (non-hydrogen) atoms. The SMILES string of the molecule is Cc1csc2c1N(C)CN=C2N1CCC(NCCCc2ccncc2)CC1. The lowest BCUT2D eigenvalue weighted by Gasteiger charge is -2.37. The van der Waals surface area contributed by atoms with E-state index in [4.69, 9.17) is 4.99 Å². The lowest BCUT2D eigenvalue weighted by molar-refractivity contribution is 0.282. The van der Waals surface area contributed by atoms with Gasteiger partial charge in [-0.2, -0.15) is 0 Å². The summed E-state index contributed by atoms with van der Waals surface area (Å²) in [6, 6.07) is 4.86. The summed E-state index contributed by atoms with van der Waals surface area (Å²) in [5.41, 5.74) is 4.13. The minimum Gasteiger partial charge on any atom is -0.356 e. The van der Waals surface area contributed by atoms with Crippen molar-refractivity contribution >= 4 is 22.9 Å². The lowest BCUT2D eigenvalue weighted by atomic mass is 10.0. The Morgan fingerprint density at radius 2 is 2.00 bits per heavy atom. The van der Waals surface area contributed by atoms with Crippen LogP contribution in [0.5, 0.6) is 0 Å². The molecule has 2 aliphatic rings. The quantitative estimate of drug-likeness (QED) is 0.805. The number of amidine groups is 1. The van der Waals surface area contributed by atoms with Gasteiger partial charge in [0.25, 0.3) is 0 Å². The zero-order valence-electron chi connectivity index (χ0n) is 16.3. The van der Waals surface area contributed by atoms with Gasteiger partial charge in [-0.25, -0.2) is 4.99 Å². The van der Waals surface area contributed by atoms with Crippen molar-refractivity contribution in [3.8, 4) is 0 Å². The summed E-state index contributed by atoms with van der Waals surface area (Å²) < 4.78 is 0. The van der Waals surface area contributed by atoms with Crippen molar-refractivity contribution < 1.29 is 0 Å². The molecule has 0 saturated carbocycles. The molecule has 0 unspecified atom stereocenters. The minimum atomic E-state index is 0.634. The fourth-order valence-corrected chi connectivity index (χ4v) is 5.21. The van der Waals surface area contributed by atoms with Gasteiger partial charge >= 0.3 is 0 Å². The second-order valence-corrected chi connectivity index (χ2v) is 8.47. The van der Waals surface area contributed by atoms with E-state index in [9.17, 15) is 0 Å². The van der Waals surface area contributed by atoms with Crippen molar-refractivity contribution in [3.05, 3.63) is 45.9 Å². The number of nitrogens with one attached hydrogen (secondary N) is 1. The Bertz CT molecular complexity index is 777. The number of thiophene rings is 1. The van der Waals surface area contributed by atoms with E-state index in [0.29, 0.717) is 6.04 Å². The number of hydrogen-bond donors (Lipinski definition) is 1. The van der Waals surface area contributed by atoms with Crippen LogP contribution in [0.3, 0.4) is 0 Å². The van der Waals surface area contributed by atoms with Gasteiger partial charge in [0.2, 0.25) is 0 Å². The second-order valence-electron chi connectivity index (χ2n) is 7.59. The summed E-state index contributed by atoms with van der Waals surface area (Å²) in [7, 11) is 2.14. The summed E-state index contributed by atoms with van der Waals surface area (Å²) in [6.45, 7) is 6.26. The van der Waals surface area contributed by atoms with E-state index in [2.05, 4.69) is 51.6 Å². The van der Waals surface area contributed by atoms with E-state index < -0.39 is 0 Å². The summed E-state index contributed by atoms with van der Waals surface area (Å²) in [6.07, 6.45) is 8.46. The fourth-order valence-electron chi connectivity index (χ4n) is 4.07. The maximum atomic E-state index is 4.88. The van der Waals surface area contributed by atoms with Gasteiger partial charge in [-0.3, -0.25) is 4.98 Å². The Morgan fingerprint density at radius 1 is 1.22 bits per heavy atom. The molecular formula is C21H29N5S. The van der Waals surface area contributed by atoms with Gasteiger partial charge in [-0.15, -0.1) is 11.3 Å². The van der Waals surface area contributed by atoms with Crippen LogP contribution in [0, 0.1) is 6.92 Å². The van der Waals surface area contributed by atoms with E-state index in [-0.39, 0.29) is 0 Å². The number of rotatable bonds is 5. The van der Waals surface area contributed by atoms with E-state index in [1.54, 1.807) is 0 Å². The number of pyridine rings is 1. The average molecular weight is 384 g/mol. The van der Waals surface area contributed by atoms with Crippen molar-refractivity contribution in [2.75, 3.05) is 38.3 Å². The molecule has 4 rings (SSSR count). The first-order chi connectivity index (χ1) is 13.2. The van der Waals surface area contributed by atoms with E-state index in [1.807, 2.05) is 23.7 Å². The molecule has 1 N–H and O–H groups in total. The van der Waals surface area contributed by atoms with Gasteiger partial charge in [0.15, 0.2) is 0 Å². The van der Waals surface area contributed by atoms with Gasteiger partial charge in [0.05, 0.1) is 10.6 Å². The molecule has 6 heteroatoms.